The van der Waals surface area contributed by atoms with E-state index < -0.39 is 48.3 Å². The Balaban J connectivity index is 4.38. The molecular weight excluding hydrogens is 440 g/mol. The van der Waals surface area contributed by atoms with E-state index in [4.69, 9.17) is 0 Å². The van der Waals surface area contributed by atoms with E-state index in [1.807, 2.05) is 0 Å². The van der Waals surface area contributed by atoms with Crippen LogP contribution < -0.4 is 5.26 Å². The van der Waals surface area contributed by atoms with Crippen LogP contribution in [-0.4, -0.2) is 23.4 Å². The highest BCUT2D eigenvalue weighted by Crippen LogP contribution is 2.50. The van der Waals surface area contributed by atoms with Gasteiger partial charge in [0.2, 0.25) is 0 Å². The molecule has 0 amide bonds. The maximum Gasteiger partial charge on any atom is 0.436 e. The summed E-state index contributed by atoms with van der Waals surface area (Å²) in [5.74, 6) is -5.10. The summed E-state index contributed by atoms with van der Waals surface area (Å²) in [6, 6.07) is 0. The highest BCUT2D eigenvalue weighted by Gasteiger charge is 2.69. The number of hydrogen-bond donors (Lipinski definition) is 0. The second kappa shape index (κ2) is 13.1. The monoisotopic (exact) mass is 465 g/mol. The molecular formula is C16H25F8O4S-. The van der Waals surface area contributed by atoms with Crippen molar-refractivity contribution >= 4 is 12.0 Å². The van der Waals surface area contributed by atoms with Gasteiger partial charge in [-0.1, -0.05) is 64.7 Å². The summed E-state index contributed by atoms with van der Waals surface area (Å²) < 4.78 is 112. The lowest BCUT2D eigenvalue weighted by Gasteiger charge is -2.32. The Bertz CT molecular complexity index is 441. The fourth-order valence-corrected chi connectivity index (χ4v) is 2.63. The van der Waals surface area contributed by atoms with Gasteiger partial charge in [-0.2, -0.15) is 39.5 Å². The van der Waals surface area contributed by atoms with Crippen LogP contribution in [0.2, 0.25) is 0 Å². The van der Waals surface area contributed by atoms with Gasteiger partial charge in [-0.05, 0) is 6.42 Å². The second-order valence-corrected chi connectivity index (χ2v) is 7.32. The summed E-state index contributed by atoms with van der Waals surface area (Å²) in [6.07, 6.45) is -6.29. The summed E-state index contributed by atoms with van der Waals surface area (Å²) in [5, 5.41) is 6.20. The first kappa shape index (κ1) is 28.6. The largest absolute Gasteiger partial charge is 0.691 e. The lowest BCUT2D eigenvalue weighted by molar-refractivity contribution is -0.777. The molecule has 0 saturated heterocycles. The molecule has 0 atom stereocenters. The summed E-state index contributed by atoms with van der Waals surface area (Å²) in [7, 11) is 0. The zero-order valence-electron chi connectivity index (χ0n) is 15.8. The Hall–Kier alpha value is -0.370. The molecule has 0 aliphatic heterocycles. The Morgan fingerprint density at radius 1 is 0.690 bits per heavy atom. The van der Waals surface area contributed by atoms with Crippen LogP contribution in [0.15, 0.2) is 0 Å². The van der Waals surface area contributed by atoms with Crippen LogP contribution in [0.3, 0.4) is 0 Å². The molecule has 0 unspecified atom stereocenters. The predicted molar refractivity (Wildman–Crippen MR) is 87.1 cm³/mol. The third kappa shape index (κ3) is 10.5. The molecule has 0 aromatic heterocycles. The van der Waals surface area contributed by atoms with Gasteiger partial charge in [0.15, 0.2) is 0 Å². The van der Waals surface area contributed by atoms with Crippen LogP contribution in [0.4, 0.5) is 35.1 Å². The van der Waals surface area contributed by atoms with Gasteiger partial charge < -0.3 is 5.26 Å². The first-order valence-corrected chi connectivity index (χ1v) is 9.93. The Kier molecular flexibility index (Phi) is 13.0. The maximum absolute atomic E-state index is 13.6. The number of rotatable bonds is 18. The van der Waals surface area contributed by atoms with Crippen LogP contribution in [0, 0.1) is 0 Å². The van der Waals surface area contributed by atoms with Crippen LogP contribution in [-0.2, 0) is 14.1 Å². The molecule has 176 valence electrons. The Morgan fingerprint density at radius 3 is 1.59 bits per heavy atom. The van der Waals surface area contributed by atoms with Gasteiger partial charge >= 0.3 is 23.4 Å². The molecule has 0 radical (unpaired) electrons. The number of hydrogen-bond acceptors (Lipinski definition) is 5. The number of halogens is 8. The van der Waals surface area contributed by atoms with E-state index in [0.29, 0.717) is 12.8 Å². The summed E-state index contributed by atoms with van der Waals surface area (Å²) >= 11 is -1.65. The summed E-state index contributed by atoms with van der Waals surface area (Å²) in [6.45, 7) is 2.08. The van der Waals surface area contributed by atoms with Crippen molar-refractivity contribution in [2.24, 2.45) is 0 Å². The molecule has 0 aliphatic carbocycles. The Morgan fingerprint density at radius 2 is 1.14 bits per heavy atom. The van der Waals surface area contributed by atoms with Crippen molar-refractivity contribution in [2.75, 3.05) is 0 Å². The molecule has 0 saturated carbocycles. The van der Waals surface area contributed by atoms with Crippen molar-refractivity contribution in [3.05, 3.63) is 0 Å². The highest BCUT2D eigenvalue weighted by molar-refractivity contribution is 7.95. The van der Waals surface area contributed by atoms with Gasteiger partial charge in [0.1, 0.15) is 12.0 Å². The van der Waals surface area contributed by atoms with Gasteiger partial charge in [0.25, 0.3) is 0 Å². The molecule has 0 bridgehead atoms. The lowest BCUT2D eigenvalue weighted by Crippen LogP contribution is -2.52. The van der Waals surface area contributed by atoms with Gasteiger partial charge in [0, 0.05) is 6.42 Å². The molecule has 29 heavy (non-hydrogen) atoms. The molecule has 0 aromatic carbocycles. The molecule has 0 N–H and O–H groups in total. The predicted octanol–water partition coefficient (Wildman–Crippen LogP) is 6.60. The van der Waals surface area contributed by atoms with E-state index >= 15 is 0 Å². The minimum atomic E-state index is -6.07. The first-order chi connectivity index (χ1) is 13.3. The normalized spacial score (nSPS) is 13.9. The zero-order chi connectivity index (χ0) is 22.6. The molecule has 4 nitrogen and oxygen atoms in total. The van der Waals surface area contributed by atoms with Crippen LogP contribution in [0.5, 0.6) is 0 Å². The maximum atomic E-state index is 13.6. The van der Waals surface area contributed by atoms with Crippen molar-refractivity contribution in [3.8, 4) is 0 Å². The highest BCUT2D eigenvalue weighted by atomic mass is 32.2. The lowest BCUT2D eigenvalue weighted by atomic mass is 10.0. The third-order valence-corrected chi connectivity index (χ3v) is 4.60. The number of unbranched alkanes of at least 4 members (excludes halogenated alkanes) is 9. The van der Waals surface area contributed by atoms with E-state index in [1.54, 1.807) is 0 Å². The first-order valence-electron chi connectivity index (χ1n) is 9.18. The fraction of sp³-hybridized carbons (Fsp3) is 1.00. The van der Waals surface area contributed by atoms with Gasteiger partial charge in [-0.25, -0.2) is 4.74 Å². The minimum absolute atomic E-state index is 0.151. The molecule has 13 heteroatoms. The topological polar surface area (TPSA) is 50.8 Å². The van der Waals surface area contributed by atoms with Crippen LogP contribution in [0.25, 0.3) is 0 Å². The van der Waals surface area contributed by atoms with Gasteiger partial charge in [-0.15, -0.1) is 0 Å². The van der Waals surface area contributed by atoms with Crippen LogP contribution >= 0.6 is 12.0 Å². The smallest absolute Gasteiger partial charge is 0.436 e. The van der Waals surface area contributed by atoms with Crippen molar-refractivity contribution in [1.82, 2.24) is 0 Å². The van der Waals surface area contributed by atoms with E-state index in [0.717, 1.165) is 38.5 Å². The standard InChI is InChI=1S/C16H26F8O4S/c1-2-3-4-5-6-7-8-9-10-11-12-13(17,18)14(19,20)26-15(21,22)16(23,24)29-28-27-25/h25H,2-12H2,1H3/p-1. The molecule has 0 aliphatic rings. The zero-order valence-corrected chi connectivity index (χ0v) is 16.7. The number of alkyl halides is 8. The molecule has 0 fully saturated rings. The number of ether oxygens (including phenoxy) is 1. The second-order valence-electron chi connectivity index (χ2n) is 6.51. The summed E-state index contributed by atoms with van der Waals surface area (Å²) in [4.78, 5) is 0. The van der Waals surface area contributed by atoms with Crippen molar-refractivity contribution < 1.29 is 54.5 Å². The summed E-state index contributed by atoms with van der Waals surface area (Å²) in [5.41, 5.74) is 0. The fourth-order valence-electron chi connectivity index (χ4n) is 2.38. The molecule has 0 rings (SSSR count). The minimum Gasteiger partial charge on any atom is -0.691 e. The van der Waals surface area contributed by atoms with Crippen molar-refractivity contribution in [2.45, 2.75) is 101 Å². The molecule has 0 heterocycles. The van der Waals surface area contributed by atoms with E-state index in [2.05, 4.69) is 21.0 Å². The van der Waals surface area contributed by atoms with E-state index in [1.165, 1.54) is 0 Å². The van der Waals surface area contributed by atoms with E-state index in [-0.39, 0.29) is 6.42 Å². The molecule has 0 aromatic rings. The quantitative estimate of drug-likeness (QED) is 0.0751. The van der Waals surface area contributed by atoms with E-state index in [9.17, 15) is 40.4 Å². The average Bonchev–Trinajstić information content (AvgIpc) is 2.60. The average molecular weight is 465 g/mol. The molecule has 0 spiro atoms. The van der Waals surface area contributed by atoms with Gasteiger partial charge in [-0.3, -0.25) is 5.04 Å². The Labute approximate surface area is 168 Å². The van der Waals surface area contributed by atoms with Crippen LogP contribution in [0.1, 0.15) is 77.6 Å². The third-order valence-electron chi connectivity index (χ3n) is 4.03. The SMILES string of the molecule is CCCCCCCCCCCCC(F)(F)C(F)(F)OC(F)(F)C(F)(F)SOO[O-]. The van der Waals surface area contributed by atoms with Crippen molar-refractivity contribution in [3.63, 3.8) is 0 Å². The van der Waals surface area contributed by atoms with Gasteiger partial charge in [0.05, 0.1) is 0 Å². The van der Waals surface area contributed by atoms with Crippen molar-refractivity contribution in [1.29, 1.82) is 0 Å².